The van der Waals surface area contributed by atoms with Crippen molar-refractivity contribution in [1.29, 1.82) is 0 Å². The molecule has 0 aromatic heterocycles. The van der Waals surface area contributed by atoms with Gasteiger partial charge < -0.3 is 5.11 Å². The van der Waals surface area contributed by atoms with Crippen LogP contribution in [0.3, 0.4) is 0 Å². The molecule has 21 heavy (non-hydrogen) atoms. The topological polar surface area (TPSA) is 101 Å². The first-order chi connectivity index (χ1) is 9.64. The Morgan fingerprint density at radius 2 is 2.00 bits per heavy atom. The average molecular weight is 341 g/mol. The number of aliphatic hydroxyl groups is 1. The van der Waals surface area contributed by atoms with Gasteiger partial charge in [-0.2, -0.15) is 0 Å². The molecule has 1 heterocycles. The molecule has 10 heteroatoms. The molecular weight excluding hydrogens is 328 g/mol. The van der Waals surface area contributed by atoms with E-state index in [1.54, 1.807) is 0 Å². The minimum atomic E-state index is -4.42. The Hall–Kier alpha value is -1.10. The summed E-state index contributed by atoms with van der Waals surface area (Å²) in [6.07, 6.45) is 0.0748. The van der Waals surface area contributed by atoms with Crippen LogP contribution in [0.2, 0.25) is 0 Å². The zero-order valence-electron chi connectivity index (χ0n) is 10.7. The van der Waals surface area contributed by atoms with Gasteiger partial charge in [0.1, 0.15) is 4.90 Å². The molecule has 0 bridgehead atoms. The first kappa shape index (κ1) is 16.3. The molecule has 1 aromatic rings. The molecular formula is C11H13F2NO5S2. The van der Waals surface area contributed by atoms with Gasteiger partial charge in [0, 0.05) is 6.04 Å². The Labute approximate surface area is 120 Å². The number of aliphatic hydroxyl groups excluding tert-OH is 1. The largest absolute Gasteiger partial charge is 0.392 e. The van der Waals surface area contributed by atoms with Crippen molar-refractivity contribution in [3.05, 3.63) is 29.3 Å². The van der Waals surface area contributed by atoms with E-state index < -0.39 is 49.0 Å². The normalized spacial score (nSPS) is 21.6. The van der Waals surface area contributed by atoms with Gasteiger partial charge >= 0.3 is 0 Å². The van der Waals surface area contributed by atoms with Crippen molar-refractivity contribution in [2.45, 2.75) is 24.0 Å². The van der Waals surface area contributed by atoms with Gasteiger partial charge in [0.25, 0.3) is 0 Å². The van der Waals surface area contributed by atoms with E-state index in [4.69, 9.17) is 5.11 Å². The highest BCUT2D eigenvalue weighted by atomic mass is 32.2. The van der Waals surface area contributed by atoms with Crippen LogP contribution < -0.4 is 4.72 Å². The summed E-state index contributed by atoms with van der Waals surface area (Å²) in [7, 11) is -7.74. The first-order valence-corrected chi connectivity index (χ1v) is 9.26. The summed E-state index contributed by atoms with van der Waals surface area (Å²) >= 11 is 0. The molecule has 0 spiro atoms. The Morgan fingerprint density at radius 1 is 1.33 bits per heavy atom. The van der Waals surface area contributed by atoms with Gasteiger partial charge in [0.05, 0.1) is 18.1 Å². The average Bonchev–Trinajstić information content (AvgIpc) is 2.70. The molecule has 0 aliphatic carbocycles. The Morgan fingerprint density at radius 3 is 2.52 bits per heavy atom. The molecule has 1 aliphatic rings. The summed E-state index contributed by atoms with van der Waals surface area (Å²) in [6, 6.07) is 0.624. The third kappa shape index (κ3) is 3.57. The van der Waals surface area contributed by atoms with Crippen molar-refractivity contribution >= 4 is 19.9 Å². The number of rotatable bonds is 4. The van der Waals surface area contributed by atoms with Crippen LogP contribution in [0, 0.1) is 11.6 Å². The van der Waals surface area contributed by atoms with Gasteiger partial charge in [-0.15, -0.1) is 0 Å². The van der Waals surface area contributed by atoms with Crippen molar-refractivity contribution in [1.82, 2.24) is 4.72 Å². The lowest BCUT2D eigenvalue weighted by Crippen LogP contribution is -2.36. The van der Waals surface area contributed by atoms with E-state index in [0.717, 1.165) is 6.07 Å². The number of benzene rings is 1. The van der Waals surface area contributed by atoms with E-state index in [9.17, 15) is 25.6 Å². The van der Waals surface area contributed by atoms with E-state index in [-0.39, 0.29) is 23.5 Å². The maximum Gasteiger partial charge on any atom is 0.243 e. The lowest BCUT2D eigenvalue weighted by Gasteiger charge is -2.13. The maximum absolute atomic E-state index is 13.6. The van der Waals surface area contributed by atoms with Crippen molar-refractivity contribution in [3.8, 4) is 0 Å². The highest BCUT2D eigenvalue weighted by molar-refractivity contribution is 7.92. The zero-order chi connectivity index (χ0) is 15.8. The molecule has 1 saturated heterocycles. The molecule has 6 nitrogen and oxygen atoms in total. The standard InChI is InChI=1S/C11H13F2NO5S2/c12-9-3-7(5-15)4-10(11(9)13)21(18,19)14-8-1-2-20(16,17)6-8/h3-4,8,14-15H,1-2,5-6H2. The van der Waals surface area contributed by atoms with Crippen molar-refractivity contribution < 1.29 is 30.7 Å². The van der Waals surface area contributed by atoms with Crippen LogP contribution in [0.1, 0.15) is 12.0 Å². The molecule has 1 aliphatic heterocycles. The molecule has 0 amide bonds. The fourth-order valence-electron chi connectivity index (χ4n) is 2.07. The van der Waals surface area contributed by atoms with E-state index in [1.807, 2.05) is 0 Å². The molecule has 0 saturated carbocycles. The van der Waals surface area contributed by atoms with Crippen LogP contribution in [0.25, 0.3) is 0 Å². The molecule has 1 unspecified atom stereocenters. The number of halogens is 2. The van der Waals surface area contributed by atoms with Crippen LogP contribution >= 0.6 is 0 Å². The number of hydrogen-bond donors (Lipinski definition) is 2. The third-order valence-corrected chi connectivity index (χ3v) is 6.37. The van der Waals surface area contributed by atoms with E-state index in [0.29, 0.717) is 6.07 Å². The monoisotopic (exact) mass is 341 g/mol. The lowest BCUT2D eigenvalue weighted by molar-refractivity contribution is 0.280. The van der Waals surface area contributed by atoms with Crippen molar-refractivity contribution in [2.75, 3.05) is 11.5 Å². The molecule has 118 valence electrons. The molecule has 1 fully saturated rings. The van der Waals surface area contributed by atoms with E-state index >= 15 is 0 Å². The van der Waals surface area contributed by atoms with Gasteiger partial charge in [-0.1, -0.05) is 0 Å². The van der Waals surface area contributed by atoms with Crippen LogP contribution in [-0.2, 0) is 26.5 Å². The summed E-state index contributed by atoms with van der Waals surface area (Å²) < 4.78 is 75.7. The quantitative estimate of drug-likeness (QED) is 0.798. The number of sulfone groups is 1. The van der Waals surface area contributed by atoms with Gasteiger partial charge in [-0.3, -0.25) is 0 Å². The summed E-state index contributed by atoms with van der Waals surface area (Å²) in [5.41, 5.74) is -0.103. The van der Waals surface area contributed by atoms with E-state index in [2.05, 4.69) is 4.72 Å². The van der Waals surface area contributed by atoms with Gasteiger partial charge in [-0.05, 0) is 24.1 Å². The first-order valence-electron chi connectivity index (χ1n) is 5.96. The highest BCUT2D eigenvalue weighted by Crippen LogP contribution is 2.22. The molecule has 2 rings (SSSR count). The zero-order valence-corrected chi connectivity index (χ0v) is 12.3. The number of nitrogens with one attached hydrogen (secondary N) is 1. The number of sulfonamides is 1. The third-order valence-electron chi connectivity index (χ3n) is 3.08. The molecule has 1 atom stereocenters. The SMILES string of the molecule is O=S1(=O)CCC(NS(=O)(=O)c2cc(CO)cc(F)c2F)C1. The fourth-order valence-corrected chi connectivity index (χ4v) is 5.26. The minimum Gasteiger partial charge on any atom is -0.392 e. The summed E-state index contributed by atoms with van der Waals surface area (Å²) in [5, 5.41) is 8.91. The minimum absolute atomic E-state index is 0.0748. The smallest absolute Gasteiger partial charge is 0.243 e. The van der Waals surface area contributed by atoms with Crippen LogP contribution in [0.15, 0.2) is 17.0 Å². The second-order valence-electron chi connectivity index (χ2n) is 4.77. The van der Waals surface area contributed by atoms with Gasteiger partial charge in [0.15, 0.2) is 21.5 Å². The second kappa shape index (κ2) is 5.59. The predicted molar refractivity (Wildman–Crippen MR) is 69.7 cm³/mol. The van der Waals surface area contributed by atoms with Gasteiger partial charge in [-0.25, -0.2) is 30.3 Å². The molecule has 2 N–H and O–H groups in total. The summed E-state index contributed by atoms with van der Waals surface area (Å²) in [5.74, 6) is -3.51. The summed E-state index contributed by atoms with van der Waals surface area (Å²) in [6.45, 7) is -0.655. The second-order valence-corrected chi connectivity index (χ2v) is 8.68. The van der Waals surface area contributed by atoms with Crippen molar-refractivity contribution in [2.24, 2.45) is 0 Å². The predicted octanol–water partition coefficient (Wildman–Crippen LogP) is -0.0775. The van der Waals surface area contributed by atoms with Crippen LogP contribution in [-0.4, -0.2) is 39.5 Å². The Balaban J connectivity index is 2.34. The maximum atomic E-state index is 13.6. The van der Waals surface area contributed by atoms with Gasteiger partial charge in [0.2, 0.25) is 10.0 Å². The Bertz CT molecular complexity index is 761. The van der Waals surface area contributed by atoms with Crippen LogP contribution in [0.4, 0.5) is 8.78 Å². The Kier molecular flexibility index (Phi) is 4.34. The fraction of sp³-hybridized carbons (Fsp3) is 0.455. The van der Waals surface area contributed by atoms with Crippen molar-refractivity contribution in [3.63, 3.8) is 0 Å². The highest BCUT2D eigenvalue weighted by Gasteiger charge is 2.33. The van der Waals surface area contributed by atoms with Crippen LogP contribution in [0.5, 0.6) is 0 Å². The lowest BCUT2D eigenvalue weighted by atomic mass is 10.2. The molecule has 1 aromatic carbocycles. The number of hydrogen-bond acceptors (Lipinski definition) is 5. The molecule has 0 radical (unpaired) electrons. The summed E-state index contributed by atoms with van der Waals surface area (Å²) in [4.78, 5) is -0.948. The van der Waals surface area contributed by atoms with E-state index in [1.165, 1.54) is 0 Å².